The second-order valence-corrected chi connectivity index (χ2v) is 4.18. The monoisotopic (exact) mass is 270 g/mol. The number of phenols is 2. The lowest BCUT2D eigenvalue weighted by Gasteiger charge is -2.09. The molecule has 0 spiro atoms. The zero-order chi connectivity index (χ0) is 14.0. The van der Waals surface area contributed by atoms with Crippen molar-refractivity contribution >= 4 is 11.6 Å². The smallest absolute Gasteiger partial charge is 0.134 e. The second-order valence-electron chi connectivity index (χ2n) is 3.77. The van der Waals surface area contributed by atoms with Crippen LogP contribution in [0.2, 0.25) is 5.02 Å². The van der Waals surface area contributed by atoms with Crippen molar-refractivity contribution < 1.29 is 10.2 Å². The minimum Gasteiger partial charge on any atom is -0.507 e. The first-order chi connectivity index (χ1) is 9.08. The van der Waals surface area contributed by atoms with Crippen molar-refractivity contribution in [1.29, 1.82) is 10.5 Å². The molecule has 2 aromatic carbocycles. The van der Waals surface area contributed by atoms with E-state index in [0.29, 0.717) is 11.1 Å². The molecular formula is C14H7ClN2O2. The Balaban J connectivity index is 2.77. The van der Waals surface area contributed by atoms with Gasteiger partial charge in [-0.25, -0.2) is 0 Å². The van der Waals surface area contributed by atoms with Gasteiger partial charge in [0.2, 0.25) is 0 Å². The third-order valence-electron chi connectivity index (χ3n) is 2.65. The molecule has 0 saturated carbocycles. The highest BCUT2D eigenvalue weighted by Crippen LogP contribution is 2.37. The van der Waals surface area contributed by atoms with Crippen molar-refractivity contribution in [3.05, 3.63) is 46.5 Å². The highest BCUT2D eigenvalue weighted by molar-refractivity contribution is 6.33. The summed E-state index contributed by atoms with van der Waals surface area (Å²) in [5, 5.41) is 37.4. The number of hydrogen-bond acceptors (Lipinski definition) is 4. The lowest BCUT2D eigenvalue weighted by Crippen LogP contribution is -1.88. The predicted octanol–water partition coefficient (Wildman–Crippen LogP) is 3.16. The second kappa shape index (κ2) is 4.89. The van der Waals surface area contributed by atoms with Crippen LogP contribution in [0.5, 0.6) is 11.5 Å². The number of phenolic OH excluding ortho intramolecular Hbond substituents is 2. The lowest BCUT2D eigenvalue weighted by molar-refractivity contribution is 0.473. The van der Waals surface area contributed by atoms with Crippen LogP contribution in [0.4, 0.5) is 0 Å². The Morgan fingerprint density at radius 2 is 1.63 bits per heavy atom. The Morgan fingerprint density at radius 3 is 2.26 bits per heavy atom. The maximum atomic E-state index is 9.66. The van der Waals surface area contributed by atoms with Crippen molar-refractivity contribution in [3.8, 4) is 34.8 Å². The van der Waals surface area contributed by atoms with Gasteiger partial charge in [0.05, 0.1) is 5.56 Å². The van der Waals surface area contributed by atoms with Crippen LogP contribution in [0, 0.1) is 22.7 Å². The van der Waals surface area contributed by atoms with E-state index in [1.165, 1.54) is 30.3 Å². The highest BCUT2D eigenvalue weighted by atomic mass is 35.5. The molecule has 0 radical (unpaired) electrons. The van der Waals surface area contributed by atoms with Crippen LogP contribution in [0.3, 0.4) is 0 Å². The highest BCUT2D eigenvalue weighted by Gasteiger charge is 2.15. The molecule has 0 aliphatic heterocycles. The largest absolute Gasteiger partial charge is 0.507 e. The first-order valence-electron chi connectivity index (χ1n) is 5.23. The molecule has 2 aromatic rings. The van der Waals surface area contributed by atoms with E-state index in [-0.39, 0.29) is 27.6 Å². The fourth-order valence-corrected chi connectivity index (χ4v) is 2.01. The van der Waals surface area contributed by atoms with Crippen molar-refractivity contribution in [2.75, 3.05) is 0 Å². The molecule has 0 heterocycles. The Morgan fingerprint density at radius 1 is 0.947 bits per heavy atom. The Hall–Kier alpha value is -2.69. The molecule has 0 aliphatic rings. The number of nitrogens with zero attached hydrogens (tertiary/aromatic N) is 2. The summed E-state index contributed by atoms with van der Waals surface area (Å²) < 4.78 is 0. The fourth-order valence-electron chi connectivity index (χ4n) is 1.74. The van der Waals surface area contributed by atoms with Gasteiger partial charge in [-0.3, -0.25) is 0 Å². The molecule has 0 aliphatic carbocycles. The number of hydrogen-bond donors (Lipinski definition) is 2. The predicted molar refractivity (Wildman–Crippen MR) is 69.6 cm³/mol. The molecular weight excluding hydrogens is 264 g/mol. The van der Waals surface area contributed by atoms with Gasteiger partial charge in [0.15, 0.2) is 0 Å². The van der Waals surface area contributed by atoms with Gasteiger partial charge in [-0.2, -0.15) is 10.5 Å². The van der Waals surface area contributed by atoms with Crippen LogP contribution < -0.4 is 0 Å². The first-order valence-corrected chi connectivity index (χ1v) is 5.61. The van der Waals surface area contributed by atoms with Gasteiger partial charge in [0.1, 0.15) is 29.2 Å². The van der Waals surface area contributed by atoms with Crippen LogP contribution >= 0.6 is 11.6 Å². The molecule has 92 valence electrons. The first kappa shape index (κ1) is 12.8. The normalized spacial score (nSPS) is 9.63. The molecule has 4 nitrogen and oxygen atoms in total. The summed E-state index contributed by atoms with van der Waals surface area (Å²) in [5.74, 6) is -0.338. The van der Waals surface area contributed by atoms with Gasteiger partial charge < -0.3 is 10.2 Å². The van der Waals surface area contributed by atoms with Crippen molar-refractivity contribution in [2.24, 2.45) is 0 Å². The van der Waals surface area contributed by atoms with Gasteiger partial charge in [0.25, 0.3) is 0 Å². The molecule has 0 atom stereocenters. The average molecular weight is 271 g/mol. The zero-order valence-corrected chi connectivity index (χ0v) is 10.3. The van der Waals surface area contributed by atoms with Crippen LogP contribution in [-0.2, 0) is 0 Å². The third-order valence-corrected chi connectivity index (χ3v) is 2.96. The summed E-state index contributed by atoms with van der Waals surface area (Å²) in [5.41, 5.74) is 0.912. The summed E-state index contributed by atoms with van der Waals surface area (Å²) in [6.07, 6.45) is 0. The molecule has 5 heteroatoms. The topological polar surface area (TPSA) is 88.0 Å². The minimum atomic E-state index is -0.187. The average Bonchev–Trinajstić information content (AvgIpc) is 2.42. The summed E-state index contributed by atoms with van der Waals surface area (Å²) in [4.78, 5) is 0. The van der Waals surface area contributed by atoms with E-state index in [9.17, 15) is 10.2 Å². The Bertz CT molecular complexity index is 742. The third kappa shape index (κ3) is 2.18. The number of aromatic hydroxyl groups is 2. The summed E-state index contributed by atoms with van der Waals surface area (Å²) in [6, 6.07) is 10.8. The minimum absolute atomic E-state index is 0.0297. The van der Waals surface area contributed by atoms with E-state index >= 15 is 0 Å². The number of benzene rings is 2. The number of halogens is 1. The molecule has 2 N–H and O–H groups in total. The van der Waals surface area contributed by atoms with Gasteiger partial charge in [-0.15, -0.1) is 0 Å². The fraction of sp³-hybridized carbons (Fsp3) is 0. The molecule has 2 rings (SSSR count). The van der Waals surface area contributed by atoms with Crippen LogP contribution in [0.25, 0.3) is 11.1 Å². The molecule has 0 amide bonds. The van der Waals surface area contributed by atoms with Crippen molar-refractivity contribution in [2.45, 2.75) is 0 Å². The standard InChI is InChI=1S/C14H7ClN2O2/c15-11-2-4-13(19)10(7-17)14(11)8-1-3-12(18)9(5-8)6-16/h1-5,18-19H. The lowest BCUT2D eigenvalue weighted by atomic mass is 9.97. The van der Waals surface area contributed by atoms with E-state index in [4.69, 9.17) is 22.1 Å². The Kier molecular flexibility index (Phi) is 3.29. The maximum absolute atomic E-state index is 9.66. The summed E-state index contributed by atoms with van der Waals surface area (Å²) in [6.45, 7) is 0. The van der Waals surface area contributed by atoms with Gasteiger partial charge in [-0.1, -0.05) is 17.7 Å². The molecule has 0 aromatic heterocycles. The summed E-state index contributed by atoms with van der Waals surface area (Å²) in [7, 11) is 0. The number of nitriles is 2. The van der Waals surface area contributed by atoms with E-state index in [2.05, 4.69) is 0 Å². The molecule has 0 unspecified atom stereocenters. The molecule has 19 heavy (non-hydrogen) atoms. The Labute approximate surface area is 114 Å². The van der Waals surface area contributed by atoms with Gasteiger partial charge in [-0.05, 0) is 29.8 Å². The molecule has 0 bridgehead atoms. The van der Waals surface area contributed by atoms with Gasteiger partial charge in [0, 0.05) is 10.6 Å². The SMILES string of the molecule is N#Cc1cc(-c2c(Cl)ccc(O)c2C#N)ccc1O. The maximum Gasteiger partial charge on any atom is 0.134 e. The number of rotatable bonds is 1. The van der Waals surface area contributed by atoms with Crippen molar-refractivity contribution in [1.82, 2.24) is 0 Å². The van der Waals surface area contributed by atoms with Crippen LogP contribution in [0.1, 0.15) is 11.1 Å². The quantitative estimate of drug-likeness (QED) is 0.833. The van der Waals surface area contributed by atoms with Gasteiger partial charge >= 0.3 is 0 Å². The zero-order valence-electron chi connectivity index (χ0n) is 9.55. The summed E-state index contributed by atoms with van der Waals surface area (Å²) >= 11 is 6.04. The van der Waals surface area contributed by atoms with Crippen LogP contribution in [0.15, 0.2) is 30.3 Å². The van der Waals surface area contributed by atoms with E-state index < -0.39 is 0 Å². The van der Waals surface area contributed by atoms with E-state index in [1.54, 1.807) is 0 Å². The van der Waals surface area contributed by atoms with Crippen LogP contribution in [-0.4, -0.2) is 10.2 Å². The van der Waals surface area contributed by atoms with E-state index in [1.807, 2.05) is 12.1 Å². The van der Waals surface area contributed by atoms with Crippen molar-refractivity contribution in [3.63, 3.8) is 0 Å². The molecule has 0 saturated heterocycles. The molecule has 0 fully saturated rings. The van der Waals surface area contributed by atoms with E-state index in [0.717, 1.165) is 0 Å².